The summed E-state index contributed by atoms with van der Waals surface area (Å²) in [6, 6.07) is 22.0. The van der Waals surface area contributed by atoms with Crippen molar-refractivity contribution in [2.24, 2.45) is 0 Å². The van der Waals surface area contributed by atoms with E-state index < -0.39 is 10.0 Å². The minimum Gasteiger partial charge on any atom is -0.322 e. The summed E-state index contributed by atoms with van der Waals surface area (Å²) < 4.78 is 27.7. The van der Waals surface area contributed by atoms with E-state index in [0.717, 1.165) is 5.56 Å². The van der Waals surface area contributed by atoms with Crippen LogP contribution in [-0.2, 0) is 10.0 Å². The number of carbonyl (C=O) groups excluding carboxylic acids is 1. The normalized spacial score (nSPS) is 11.0. The van der Waals surface area contributed by atoms with E-state index in [2.05, 4.69) is 10.0 Å². The fourth-order valence-electron chi connectivity index (χ4n) is 2.45. The summed E-state index contributed by atoms with van der Waals surface area (Å²) >= 11 is 0. The van der Waals surface area contributed by atoms with Gasteiger partial charge in [0, 0.05) is 16.9 Å². The minimum absolute atomic E-state index is 0.0275. The molecule has 1 amide bonds. The van der Waals surface area contributed by atoms with Crippen molar-refractivity contribution in [3.63, 3.8) is 0 Å². The zero-order chi connectivity index (χ0) is 18.6. The van der Waals surface area contributed by atoms with E-state index in [-0.39, 0.29) is 16.4 Å². The highest BCUT2D eigenvalue weighted by Crippen LogP contribution is 2.19. The second-order valence-electron chi connectivity index (χ2n) is 5.82. The number of sulfonamides is 1. The largest absolute Gasteiger partial charge is 0.322 e. The van der Waals surface area contributed by atoms with Crippen LogP contribution in [0.15, 0.2) is 83.8 Å². The van der Waals surface area contributed by atoms with Gasteiger partial charge in [-0.25, -0.2) is 8.42 Å². The lowest BCUT2D eigenvalue weighted by atomic mass is 10.2. The van der Waals surface area contributed by atoms with E-state index in [1.165, 1.54) is 12.1 Å². The Labute approximate surface area is 152 Å². The number of amides is 1. The van der Waals surface area contributed by atoms with Crippen LogP contribution in [0.2, 0.25) is 0 Å². The molecule has 0 spiro atoms. The molecule has 0 saturated heterocycles. The third kappa shape index (κ3) is 4.29. The average Bonchev–Trinajstić information content (AvgIpc) is 2.62. The van der Waals surface area contributed by atoms with Crippen LogP contribution >= 0.6 is 0 Å². The van der Waals surface area contributed by atoms with Gasteiger partial charge in [0.2, 0.25) is 0 Å². The number of nitrogens with one attached hydrogen (secondary N) is 2. The lowest BCUT2D eigenvalue weighted by Crippen LogP contribution is -2.16. The highest BCUT2D eigenvalue weighted by molar-refractivity contribution is 7.92. The summed E-state index contributed by atoms with van der Waals surface area (Å²) in [6.07, 6.45) is 0. The summed E-state index contributed by atoms with van der Waals surface area (Å²) in [6.45, 7) is 1.88. The summed E-state index contributed by atoms with van der Waals surface area (Å²) in [4.78, 5) is 12.4. The van der Waals surface area contributed by atoms with Crippen LogP contribution in [0.5, 0.6) is 0 Å². The molecule has 0 aliphatic rings. The first-order chi connectivity index (χ1) is 12.4. The predicted molar refractivity (Wildman–Crippen MR) is 103 cm³/mol. The Kier molecular flexibility index (Phi) is 5.04. The molecule has 0 bridgehead atoms. The van der Waals surface area contributed by atoms with Crippen molar-refractivity contribution in [3.05, 3.63) is 90.0 Å². The number of hydrogen-bond donors (Lipinski definition) is 2. The van der Waals surface area contributed by atoms with Crippen LogP contribution < -0.4 is 10.0 Å². The van der Waals surface area contributed by atoms with Gasteiger partial charge >= 0.3 is 0 Å². The van der Waals surface area contributed by atoms with E-state index in [9.17, 15) is 13.2 Å². The van der Waals surface area contributed by atoms with Gasteiger partial charge in [-0.3, -0.25) is 9.52 Å². The Bertz CT molecular complexity index is 1030. The van der Waals surface area contributed by atoms with Crippen molar-refractivity contribution < 1.29 is 13.2 Å². The number of hydrogen-bond acceptors (Lipinski definition) is 3. The van der Waals surface area contributed by atoms with Crippen LogP contribution in [-0.4, -0.2) is 14.3 Å². The van der Waals surface area contributed by atoms with Gasteiger partial charge in [0.1, 0.15) is 0 Å². The monoisotopic (exact) mass is 366 g/mol. The molecule has 0 aromatic heterocycles. The lowest BCUT2D eigenvalue weighted by molar-refractivity contribution is 0.102. The first-order valence-corrected chi connectivity index (χ1v) is 9.48. The van der Waals surface area contributed by atoms with E-state index in [1.54, 1.807) is 42.5 Å². The second kappa shape index (κ2) is 7.41. The van der Waals surface area contributed by atoms with Crippen molar-refractivity contribution >= 4 is 27.3 Å². The molecule has 3 aromatic carbocycles. The number of carbonyl (C=O) groups is 1. The molecular formula is C20H18N2O3S. The van der Waals surface area contributed by atoms with Crippen LogP contribution in [0.25, 0.3) is 0 Å². The van der Waals surface area contributed by atoms with E-state index in [0.29, 0.717) is 11.4 Å². The standard InChI is InChI=1S/C20H18N2O3S/c1-15-7-5-11-18(13-15)22-26(24,25)19-12-6-8-16(14-19)20(23)21-17-9-3-2-4-10-17/h2-14,22H,1H3,(H,21,23). The van der Waals surface area contributed by atoms with Gasteiger partial charge in [-0.05, 0) is 55.0 Å². The maximum atomic E-state index is 12.6. The number of anilines is 2. The zero-order valence-corrected chi connectivity index (χ0v) is 15.0. The first-order valence-electron chi connectivity index (χ1n) is 8.00. The Morgan fingerprint density at radius 2 is 1.50 bits per heavy atom. The molecule has 0 atom stereocenters. The van der Waals surface area contributed by atoms with Crippen molar-refractivity contribution in [3.8, 4) is 0 Å². The topological polar surface area (TPSA) is 75.3 Å². The predicted octanol–water partition coefficient (Wildman–Crippen LogP) is 4.05. The number of benzene rings is 3. The number of aryl methyl sites for hydroxylation is 1. The summed E-state index contributed by atoms with van der Waals surface area (Å²) in [5.41, 5.74) is 2.33. The van der Waals surface area contributed by atoms with Crippen molar-refractivity contribution in [2.45, 2.75) is 11.8 Å². The van der Waals surface area contributed by atoms with Gasteiger partial charge in [-0.2, -0.15) is 0 Å². The molecule has 0 heterocycles. The Morgan fingerprint density at radius 1 is 0.808 bits per heavy atom. The summed E-state index contributed by atoms with van der Waals surface area (Å²) in [7, 11) is -3.79. The highest BCUT2D eigenvalue weighted by atomic mass is 32.2. The highest BCUT2D eigenvalue weighted by Gasteiger charge is 2.16. The van der Waals surface area contributed by atoms with Crippen LogP contribution in [0.4, 0.5) is 11.4 Å². The Morgan fingerprint density at radius 3 is 2.23 bits per heavy atom. The molecule has 26 heavy (non-hydrogen) atoms. The summed E-state index contributed by atoms with van der Waals surface area (Å²) in [5, 5.41) is 2.74. The van der Waals surface area contributed by atoms with Gasteiger partial charge in [0.05, 0.1) is 4.90 Å². The molecule has 0 fully saturated rings. The molecule has 2 N–H and O–H groups in total. The molecule has 0 aliphatic carbocycles. The lowest BCUT2D eigenvalue weighted by Gasteiger charge is -2.10. The molecule has 0 aliphatic heterocycles. The molecule has 5 nitrogen and oxygen atoms in total. The molecule has 3 rings (SSSR count). The van der Waals surface area contributed by atoms with Crippen molar-refractivity contribution in [1.29, 1.82) is 0 Å². The molecule has 3 aromatic rings. The molecular weight excluding hydrogens is 348 g/mol. The van der Waals surface area contributed by atoms with E-state index in [1.807, 2.05) is 31.2 Å². The number of rotatable bonds is 5. The Hall–Kier alpha value is -3.12. The fourth-order valence-corrected chi connectivity index (χ4v) is 3.55. The smallest absolute Gasteiger partial charge is 0.261 e. The fraction of sp³-hybridized carbons (Fsp3) is 0.0500. The zero-order valence-electron chi connectivity index (χ0n) is 14.1. The third-order valence-electron chi connectivity index (χ3n) is 3.71. The SMILES string of the molecule is Cc1cccc(NS(=O)(=O)c2cccc(C(=O)Nc3ccccc3)c2)c1. The van der Waals surface area contributed by atoms with Crippen LogP contribution in [0.3, 0.4) is 0 Å². The quantitative estimate of drug-likeness (QED) is 0.715. The van der Waals surface area contributed by atoms with Gasteiger partial charge in [0.25, 0.3) is 15.9 Å². The second-order valence-corrected chi connectivity index (χ2v) is 7.51. The maximum Gasteiger partial charge on any atom is 0.261 e. The third-order valence-corrected chi connectivity index (χ3v) is 5.09. The molecule has 132 valence electrons. The first kappa shape index (κ1) is 17.7. The number of para-hydroxylation sites is 1. The maximum absolute atomic E-state index is 12.6. The van der Waals surface area contributed by atoms with Crippen LogP contribution in [0, 0.1) is 6.92 Å². The molecule has 0 unspecified atom stereocenters. The Balaban J connectivity index is 1.83. The van der Waals surface area contributed by atoms with Gasteiger partial charge < -0.3 is 5.32 Å². The van der Waals surface area contributed by atoms with E-state index >= 15 is 0 Å². The van der Waals surface area contributed by atoms with Crippen molar-refractivity contribution in [2.75, 3.05) is 10.0 Å². The molecule has 0 saturated carbocycles. The molecule has 6 heteroatoms. The van der Waals surface area contributed by atoms with Crippen molar-refractivity contribution in [1.82, 2.24) is 0 Å². The molecule has 0 radical (unpaired) electrons. The van der Waals surface area contributed by atoms with Crippen LogP contribution in [0.1, 0.15) is 15.9 Å². The average molecular weight is 366 g/mol. The summed E-state index contributed by atoms with van der Waals surface area (Å²) in [5.74, 6) is -0.371. The minimum atomic E-state index is -3.79. The van der Waals surface area contributed by atoms with Gasteiger partial charge in [-0.15, -0.1) is 0 Å². The van der Waals surface area contributed by atoms with Gasteiger partial charge in [0.15, 0.2) is 0 Å². The van der Waals surface area contributed by atoms with Gasteiger partial charge in [-0.1, -0.05) is 36.4 Å². The van der Waals surface area contributed by atoms with E-state index in [4.69, 9.17) is 0 Å².